The molecule has 0 saturated carbocycles. The Morgan fingerprint density at radius 1 is 1.22 bits per heavy atom. The fourth-order valence-corrected chi connectivity index (χ4v) is 1.88. The van der Waals surface area contributed by atoms with Crippen molar-refractivity contribution < 1.29 is 13.2 Å². The second kappa shape index (κ2) is 4.69. The summed E-state index contributed by atoms with van der Waals surface area (Å²) in [6.07, 6.45) is 2.17. The SMILES string of the molecule is CC(C)(C)NCCc1coc2c(F)cc(F)cc12. The molecule has 1 heterocycles. The van der Waals surface area contributed by atoms with Crippen molar-refractivity contribution in [2.24, 2.45) is 0 Å². The van der Waals surface area contributed by atoms with Crippen molar-refractivity contribution in [3.05, 3.63) is 35.6 Å². The van der Waals surface area contributed by atoms with Gasteiger partial charge in [-0.15, -0.1) is 0 Å². The van der Waals surface area contributed by atoms with E-state index in [1.807, 2.05) is 0 Å². The quantitative estimate of drug-likeness (QED) is 0.903. The summed E-state index contributed by atoms with van der Waals surface area (Å²) in [5.41, 5.74) is 0.970. The Labute approximate surface area is 105 Å². The third-order valence-corrected chi connectivity index (χ3v) is 2.72. The monoisotopic (exact) mass is 253 g/mol. The Hall–Kier alpha value is -1.42. The molecule has 1 aromatic carbocycles. The maximum Gasteiger partial charge on any atom is 0.169 e. The standard InChI is InChI=1S/C14H17F2NO/c1-14(2,3)17-5-4-9-8-18-13-11(9)6-10(15)7-12(13)16/h6-8,17H,4-5H2,1-3H3. The van der Waals surface area contributed by atoms with Crippen LogP contribution in [-0.4, -0.2) is 12.1 Å². The molecule has 2 nitrogen and oxygen atoms in total. The Bertz CT molecular complexity index is 555. The van der Waals surface area contributed by atoms with E-state index >= 15 is 0 Å². The van der Waals surface area contributed by atoms with Crippen LogP contribution in [0.2, 0.25) is 0 Å². The lowest BCUT2D eigenvalue weighted by Crippen LogP contribution is -2.37. The average molecular weight is 253 g/mol. The zero-order valence-electron chi connectivity index (χ0n) is 10.8. The Morgan fingerprint density at radius 3 is 2.61 bits per heavy atom. The van der Waals surface area contributed by atoms with Crippen molar-refractivity contribution in [1.29, 1.82) is 0 Å². The van der Waals surface area contributed by atoms with E-state index < -0.39 is 11.6 Å². The molecule has 0 aliphatic heterocycles. The number of hydrogen-bond donors (Lipinski definition) is 1. The number of halogens is 2. The fraction of sp³-hybridized carbons (Fsp3) is 0.429. The number of fused-ring (bicyclic) bond motifs is 1. The maximum atomic E-state index is 13.4. The molecule has 0 saturated heterocycles. The van der Waals surface area contributed by atoms with E-state index in [1.165, 1.54) is 12.3 Å². The van der Waals surface area contributed by atoms with Crippen molar-refractivity contribution in [3.8, 4) is 0 Å². The van der Waals surface area contributed by atoms with Gasteiger partial charge in [0.2, 0.25) is 0 Å². The van der Waals surface area contributed by atoms with Gasteiger partial charge in [-0.25, -0.2) is 8.78 Å². The summed E-state index contributed by atoms with van der Waals surface area (Å²) in [6, 6.07) is 2.15. The summed E-state index contributed by atoms with van der Waals surface area (Å²) < 4.78 is 31.7. The van der Waals surface area contributed by atoms with Crippen LogP contribution in [0, 0.1) is 11.6 Å². The van der Waals surface area contributed by atoms with Gasteiger partial charge in [0.05, 0.1) is 6.26 Å². The molecule has 1 N–H and O–H groups in total. The minimum absolute atomic E-state index is 0.0238. The first kappa shape index (κ1) is 13.0. The summed E-state index contributed by atoms with van der Waals surface area (Å²) in [6.45, 7) is 6.94. The molecule has 0 fully saturated rings. The van der Waals surface area contributed by atoms with Crippen LogP contribution < -0.4 is 5.32 Å². The van der Waals surface area contributed by atoms with Crippen LogP contribution >= 0.6 is 0 Å². The molecule has 18 heavy (non-hydrogen) atoms. The summed E-state index contributed by atoms with van der Waals surface area (Å²) in [4.78, 5) is 0. The lowest BCUT2D eigenvalue weighted by molar-refractivity contribution is 0.429. The van der Waals surface area contributed by atoms with Crippen LogP contribution in [0.1, 0.15) is 26.3 Å². The van der Waals surface area contributed by atoms with Crippen LogP contribution in [0.3, 0.4) is 0 Å². The molecule has 0 atom stereocenters. The van der Waals surface area contributed by atoms with Crippen molar-refractivity contribution >= 4 is 11.0 Å². The third-order valence-electron chi connectivity index (χ3n) is 2.72. The zero-order valence-corrected chi connectivity index (χ0v) is 10.8. The summed E-state index contributed by atoms with van der Waals surface area (Å²) in [7, 11) is 0. The Kier molecular flexibility index (Phi) is 3.39. The summed E-state index contributed by atoms with van der Waals surface area (Å²) >= 11 is 0. The number of rotatable bonds is 3. The second-order valence-electron chi connectivity index (χ2n) is 5.45. The molecule has 0 aliphatic carbocycles. The first-order valence-corrected chi connectivity index (χ1v) is 5.97. The van der Waals surface area contributed by atoms with Crippen LogP contribution in [0.25, 0.3) is 11.0 Å². The molecule has 2 rings (SSSR count). The van der Waals surface area contributed by atoms with E-state index in [0.717, 1.165) is 18.2 Å². The molecule has 1 aromatic heterocycles. The smallest absolute Gasteiger partial charge is 0.169 e. The van der Waals surface area contributed by atoms with Crippen LogP contribution in [0.15, 0.2) is 22.8 Å². The highest BCUT2D eigenvalue weighted by atomic mass is 19.1. The highest BCUT2D eigenvalue weighted by Crippen LogP contribution is 2.25. The molecule has 0 bridgehead atoms. The van der Waals surface area contributed by atoms with Crippen molar-refractivity contribution in [2.75, 3.05) is 6.54 Å². The lowest BCUT2D eigenvalue weighted by Gasteiger charge is -2.20. The third kappa shape index (κ3) is 2.88. The minimum Gasteiger partial charge on any atom is -0.461 e. The van der Waals surface area contributed by atoms with Gasteiger partial charge >= 0.3 is 0 Å². The van der Waals surface area contributed by atoms with Gasteiger partial charge in [-0.05, 0) is 45.4 Å². The summed E-state index contributed by atoms with van der Waals surface area (Å²) in [5, 5.41) is 3.84. The molecule has 0 radical (unpaired) electrons. The normalized spacial score (nSPS) is 12.3. The van der Waals surface area contributed by atoms with Crippen LogP contribution in [0.5, 0.6) is 0 Å². The lowest BCUT2D eigenvalue weighted by atomic mass is 10.1. The first-order chi connectivity index (χ1) is 8.37. The Morgan fingerprint density at radius 2 is 1.94 bits per heavy atom. The van der Waals surface area contributed by atoms with E-state index in [2.05, 4.69) is 26.1 Å². The number of hydrogen-bond acceptors (Lipinski definition) is 2. The van der Waals surface area contributed by atoms with Crippen molar-refractivity contribution in [3.63, 3.8) is 0 Å². The van der Waals surface area contributed by atoms with Gasteiger partial charge in [0.15, 0.2) is 11.4 Å². The number of nitrogens with one attached hydrogen (secondary N) is 1. The van der Waals surface area contributed by atoms with Gasteiger partial charge < -0.3 is 9.73 Å². The molecule has 98 valence electrons. The number of furan rings is 1. The van der Waals surface area contributed by atoms with Crippen LogP contribution in [0.4, 0.5) is 8.78 Å². The van der Waals surface area contributed by atoms with Gasteiger partial charge in [0, 0.05) is 17.0 Å². The predicted octanol–water partition coefficient (Wildman–Crippen LogP) is 3.64. The molecular weight excluding hydrogens is 236 g/mol. The number of benzene rings is 1. The maximum absolute atomic E-state index is 13.4. The largest absolute Gasteiger partial charge is 0.461 e. The topological polar surface area (TPSA) is 25.2 Å². The molecule has 2 aromatic rings. The van der Waals surface area contributed by atoms with Gasteiger partial charge in [-0.1, -0.05) is 0 Å². The van der Waals surface area contributed by atoms with E-state index in [4.69, 9.17) is 4.42 Å². The predicted molar refractivity (Wildman–Crippen MR) is 67.6 cm³/mol. The molecular formula is C14H17F2NO. The second-order valence-corrected chi connectivity index (χ2v) is 5.45. The summed E-state index contributed by atoms with van der Waals surface area (Å²) in [5.74, 6) is -1.23. The fourth-order valence-electron chi connectivity index (χ4n) is 1.88. The van der Waals surface area contributed by atoms with Crippen LogP contribution in [-0.2, 0) is 6.42 Å². The molecule has 0 unspecified atom stereocenters. The molecule has 0 amide bonds. The molecule has 0 spiro atoms. The molecule has 0 aliphatic rings. The first-order valence-electron chi connectivity index (χ1n) is 5.97. The zero-order chi connectivity index (χ0) is 13.3. The van der Waals surface area contributed by atoms with Crippen molar-refractivity contribution in [1.82, 2.24) is 5.32 Å². The van der Waals surface area contributed by atoms with E-state index in [1.54, 1.807) is 0 Å². The van der Waals surface area contributed by atoms with Gasteiger partial charge in [-0.3, -0.25) is 0 Å². The van der Waals surface area contributed by atoms with Gasteiger partial charge in [0.1, 0.15) is 5.82 Å². The highest BCUT2D eigenvalue weighted by molar-refractivity contribution is 5.81. The van der Waals surface area contributed by atoms with E-state index in [9.17, 15) is 8.78 Å². The minimum atomic E-state index is -0.653. The molecule has 4 heteroatoms. The highest BCUT2D eigenvalue weighted by Gasteiger charge is 2.13. The van der Waals surface area contributed by atoms with Gasteiger partial charge in [0.25, 0.3) is 0 Å². The van der Waals surface area contributed by atoms with E-state index in [-0.39, 0.29) is 11.1 Å². The average Bonchev–Trinajstić information content (AvgIpc) is 2.60. The Balaban J connectivity index is 2.19. The van der Waals surface area contributed by atoms with Gasteiger partial charge in [-0.2, -0.15) is 0 Å². The van der Waals surface area contributed by atoms with Crippen molar-refractivity contribution in [2.45, 2.75) is 32.7 Å². The van der Waals surface area contributed by atoms with E-state index in [0.29, 0.717) is 11.8 Å².